The molecule has 0 aliphatic carbocycles. The summed E-state index contributed by atoms with van der Waals surface area (Å²) in [5.74, 6) is -0.623. The molecule has 67 heavy (non-hydrogen) atoms. The maximum atomic E-state index is 13.5. The molecule has 8 aromatic rings. The number of furan rings is 2. The molecule has 6 aromatic carbocycles. The number of anilines is 2. The molecule has 0 bridgehead atoms. The van der Waals surface area contributed by atoms with Crippen LogP contribution < -0.4 is 30.7 Å². The molecule has 2 amide bonds. The number of rotatable bonds is 12. The highest BCUT2D eigenvalue weighted by molar-refractivity contribution is 7.88. The predicted octanol–water partition coefficient (Wildman–Crippen LogP) is 10.4. The van der Waals surface area contributed by atoms with Gasteiger partial charge in [-0.3, -0.25) is 9.59 Å². The van der Waals surface area contributed by atoms with E-state index in [-0.39, 0.29) is 24.2 Å². The summed E-state index contributed by atoms with van der Waals surface area (Å²) in [6.07, 6.45) is 1.11. The van der Waals surface area contributed by atoms with Gasteiger partial charge in [0.1, 0.15) is 34.3 Å². The second-order valence-corrected chi connectivity index (χ2v) is 17.4. The number of hydrogen-bond donors (Lipinski definition) is 6. The number of nitrogens with zero attached hydrogens (tertiary/aromatic N) is 1. The van der Waals surface area contributed by atoms with Crippen LogP contribution in [0.15, 0.2) is 130 Å². The average Bonchev–Trinajstić information content (AvgIpc) is 3.91. The maximum absolute atomic E-state index is 13.5. The van der Waals surface area contributed by atoms with Crippen LogP contribution in [0.5, 0.6) is 0 Å². The van der Waals surface area contributed by atoms with E-state index in [9.17, 15) is 26.8 Å². The summed E-state index contributed by atoms with van der Waals surface area (Å²) in [4.78, 5) is 25.7. The number of fused-ring (bicyclic) bond motifs is 2. The van der Waals surface area contributed by atoms with Crippen LogP contribution in [0.4, 0.5) is 20.2 Å². The fourth-order valence-electron chi connectivity index (χ4n) is 7.46. The van der Waals surface area contributed by atoms with Gasteiger partial charge in [-0.1, -0.05) is 63.1 Å². The molecule has 0 fully saturated rings. The van der Waals surface area contributed by atoms with Crippen LogP contribution in [0.2, 0.25) is 0 Å². The summed E-state index contributed by atoms with van der Waals surface area (Å²) in [5, 5.41) is 9.80. The van der Waals surface area contributed by atoms with E-state index >= 15 is 0 Å². The number of amides is 2. The molecule has 0 saturated heterocycles. The Bertz CT molecular complexity index is 3170. The van der Waals surface area contributed by atoms with Gasteiger partial charge in [-0.15, -0.1) is 0 Å². The molecule has 16 heteroatoms. The molecule has 0 aliphatic rings. The van der Waals surface area contributed by atoms with Crippen LogP contribution in [0.3, 0.4) is 0 Å². The van der Waals surface area contributed by atoms with Crippen LogP contribution in [-0.2, 0) is 23.1 Å². The Morgan fingerprint density at radius 3 is 1.58 bits per heavy atom. The van der Waals surface area contributed by atoms with Crippen molar-refractivity contribution in [1.29, 1.82) is 0 Å². The first-order chi connectivity index (χ1) is 32.1. The lowest BCUT2D eigenvalue weighted by atomic mass is 9.97. The molecule has 0 spiro atoms. The van der Waals surface area contributed by atoms with Crippen molar-refractivity contribution in [1.82, 2.24) is 15.4 Å². The first kappa shape index (κ1) is 49.5. The Kier molecular flexibility index (Phi) is 15.9. The second kappa shape index (κ2) is 21.5. The first-order valence-electron chi connectivity index (χ1n) is 21.2. The summed E-state index contributed by atoms with van der Waals surface area (Å²) >= 11 is 4.49. The van der Waals surface area contributed by atoms with Crippen molar-refractivity contribution in [3.63, 3.8) is 0 Å². The Balaban J connectivity index is 0.000000215. The van der Waals surface area contributed by atoms with Gasteiger partial charge < -0.3 is 34.8 Å². The zero-order chi connectivity index (χ0) is 48.6. The van der Waals surface area contributed by atoms with Crippen LogP contribution in [0.25, 0.3) is 66.8 Å². The number of carbonyl (C=O) groups is 2. The summed E-state index contributed by atoms with van der Waals surface area (Å²) in [6, 6.07) is 34.5. The van der Waals surface area contributed by atoms with E-state index in [1.54, 1.807) is 48.7 Å². The molecule has 0 atom stereocenters. The molecule has 0 aliphatic heterocycles. The minimum Gasteiger partial charge on any atom is -0.455 e. The molecule has 2 heterocycles. The van der Waals surface area contributed by atoms with Gasteiger partial charge in [0.2, 0.25) is 10.0 Å². The second-order valence-electron chi connectivity index (χ2n) is 15.0. The van der Waals surface area contributed by atoms with E-state index < -0.39 is 15.8 Å². The Morgan fingerprint density at radius 2 is 1.12 bits per heavy atom. The van der Waals surface area contributed by atoms with Gasteiger partial charge in [-0.2, -0.15) is 0 Å². The molecule has 0 saturated carbocycles. The summed E-state index contributed by atoms with van der Waals surface area (Å²) in [7, 11) is 3.36. The zero-order valence-corrected chi connectivity index (χ0v) is 39.8. The number of nitrogens with one attached hydrogen (secondary N) is 4. The summed E-state index contributed by atoms with van der Waals surface area (Å²) in [6.45, 7) is 4.58. The number of nitrogens with two attached hydrogens (primary N) is 1. The molecule has 12 nitrogen and oxygen atoms in total. The van der Waals surface area contributed by atoms with Crippen molar-refractivity contribution < 1.29 is 35.6 Å². The molecule has 2 aromatic heterocycles. The highest BCUT2D eigenvalue weighted by Crippen LogP contribution is 2.42. The lowest BCUT2D eigenvalue weighted by molar-refractivity contribution is 0.0956. The topological polar surface area (TPSA) is 172 Å². The fraction of sp³-hybridized carbons (Fsp3) is 0.176. The van der Waals surface area contributed by atoms with Gasteiger partial charge in [-0.25, -0.2) is 21.9 Å². The molecule has 0 unspecified atom stereocenters. The van der Waals surface area contributed by atoms with Gasteiger partial charge in [0.25, 0.3) is 11.8 Å². The van der Waals surface area contributed by atoms with E-state index in [0.29, 0.717) is 62.3 Å². The molecule has 8 rings (SSSR count). The number of hydrogen-bond acceptors (Lipinski definition) is 10. The Labute approximate surface area is 394 Å². The van der Waals surface area contributed by atoms with Gasteiger partial charge >= 0.3 is 0 Å². The fourth-order valence-corrected chi connectivity index (χ4v) is 8.05. The minimum atomic E-state index is -3.35. The van der Waals surface area contributed by atoms with Crippen molar-refractivity contribution in [2.75, 3.05) is 44.1 Å². The third-order valence-electron chi connectivity index (χ3n) is 10.6. The number of halogens is 2. The van der Waals surface area contributed by atoms with Gasteiger partial charge in [0, 0.05) is 92.1 Å². The first-order valence-corrected chi connectivity index (χ1v) is 23.5. The standard InChI is InChI=1S/C25H24FN3O4S2.C24H22FN3O2.C2H6/c1-27-25(30)23-20-12-19(17-6-4-5-15(11-17)14-28-35(3,31)32)21(29(2)34)13-22(20)33-24(23)16-7-9-18(26)10-8-16;1-27-20-12-21-19(11-18(20)16-5-3-4-14(10-16)13-26)22(24(29)28-2)23(30-21)15-6-8-17(25)9-7-15;1-2/h4-13,28,34H,14H2,1-3H3,(H,27,30);3-12,27H,13,26H2,1-2H3,(H,28,29);1-2H3. The molecule has 0 radical (unpaired) electrons. The van der Waals surface area contributed by atoms with Crippen LogP contribution in [0.1, 0.15) is 45.7 Å². The van der Waals surface area contributed by atoms with Crippen molar-refractivity contribution in [3.05, 3.63) is 155 Å². The smallest absolute Gasteiger partial charge is 0.255 e. The number of carbonyl (C=O) groups excluding carboxylic acids is 2. The normalized spacial score (nSPS) is 11.0. The molecule has 6 N–H and O–H groups in total. The molecule has 348 valence electrons. The zero-order valence-electron chi connectivity index (χ0n) is 38.0. The van der Waals surface area contributed by atoms with E-state index in [4.69, 9.17) is 14.6 Å². The van der Waals surface area contributed by atoms with E-state index in [1.807, 2.05) is 87.6 Å². The Hall–Kier alpha value is -6.98. The highest BCUT2D eigenvalue weighted by Gasteiger charge is 2.25. The SMILES string of the molecule is CC.CNC(=O)c1c(-c2ccc(F)cc2)oc2cc(N(C)S)c(-c3cccc(CNS(C)(=O)=O)c3)cc12.CNC(=O)c1c(-c2ccc(F)cc2)oc2cc(NC)c(-c3cccc(CN)c3)cc12. The van der Waals surface area contributed by atoms with Crippen LogP contribution >= 0.6 is 12.8 Å². The van der Waals surface area contributed by atoms with Crippen molar-refractivity contribution in [2.24, 2.45) is 5.73 Å². The number of thiol groups is 1. The number of sulfonamides is 1. The quantitative estimate of drug-likeness (QED) is 0.0652. The maximum Gasteiger partial charge on any atom is 0.255 e. The molecular formula is C51H52F2N6O6S2. The summed E-state index contributed by atoms with van der Waals surface area (Å²) < 4.78 is 66.3. The van der Waals surface area contributed by atoms with E-state index in [1.165, 1.54) is 31.3 Å². The Morgan fingerprint density at radius 1 is 0.657 bits per heavy atom. The lowest BCUT2D eigenvalue weighted by Gasteiger charge is -2.17. The van der Waals surface area contributed by atoms with Crippen molar-refractivity contribution in [2.45, 2.75) is 26.9 Å². The summed E-state index contributed by atoms with van der Waals surface area (Å²) in [5.41, 5.74) is 15.6. The van der Waals surface area contributed by atoms with Crippen molar-refractivity contribution >= 4 is 68.0 Å². The van der Waals surface area contributed by atoms with E-state index in [0.717, 1.165) is 51.0 Å². The largest absolute Gasteiger partial charge is 0.455 e. The van der Waals surface area contributed by atoms with Crippen molar-refractivity contribution in [3.8, 4) is 44.9 Å². The van der Waals surface area contributed by atoms with Gasteiger partial charge in [0.15, 0.2) is 0 Å². The molecular weight excluding hydrogens is 895 g/mol. The predicted molar refractivity (Wildman–Crippen MR) is 269 cm³/mol. The highest BCUT2D eigenvalue weighted by atomic mass is 32.2. The van der Waals surface area contributed by atoms with Crippen LogP contribution in [-0.4, -0.2) is 54.7 Å². The lowest BCUT2D eigenvalue weighted by Crippen LogP contribution is -2.21. The van der Waals surface area contributed by atoms with Gasteiger partial charge in [0.05, 0.1) is 23.1 Å². The van der Waals surface area contributed by atoms with E-state index in [2.05, 4.69) is 33.5 Å². The van der Waals surface area contributed by atoms with Crippen LogP contribution in [0, 0.1) is 11.6 Å². The number of benzene rings is 6. The average molecular weight is 947 g/mol. The van der Waals surface area contributed by atoms with Gasteiger partial charge in [-0.05, 0) is 95.1 Å². The third kappa shape index (κ3) is 11.2. The third-order valence-corrected chi connectivity index (χ3v) is 11.5. The minimum absolute atomic E-state index is 0.144. The monoisotopic (exact) mass is 946 g/mol.